The maximum Gasteiger partial charge on any atom is 0.317 e. The summed E-state index contributed by atoms with van der Waals surface area (Å²) in [4.78, 5) is 30.7. The number of carbonyl (C=O) groups is 2. The number of para-hydroxylation sites is 1. The zero-order valence-corrected chi connectivity index (χ0v) is 14.6. The van der Waals surface area contributed by atoms with Crippen LogP contribution in [0.2, 0.25) is 0 Å². The van der Waals surface area contributed by atoms with Crippen LogP contribution in [-0.2, 0) is 11.3 Å². The zero-order chi connectivity index (χ0) is 17.9. The molecule has 2 fully saturated rings. The second kappa shape index (κ2) is 7.19. The molecule has 3 heterocycles. The molecule has 0 spiro atoms. The molecule has 2 aromatic rings. The Balaban J connectivity index is 1.44. The minimum absolute atomic E-state index is 0.0685. The van der Waals surface area contributed by atoms with Crippen molar-refractivity contribution in [1.82, 2.24) is 25.1 Å². The number of imidazole rings is 1. The first-order chi connectivity index (χ1) is 12.7. The van der Waals surface area contributed by atoms with E-state index in [0.717, 1.165) is 30.5 Å². The number of aromatic nitrogens is 2. The third-order valence-electron chi connectivity index (χ3n) is 5.20. The van der Waals surface area contributed by atoms with E-state index in [9.17, 15) is 9.59 Å². The van der Waals surface area contributed by atoms with Gasteiger partial charge in [-0.05, 0) is 24.5 Å². The predicted molar refractivity (Wildman–Crippen MR) is 96.6 cm³/mol. The van der Waals surface area contributed by atoms with Gasteiger partial charge in [0.2, 0.25) is 5.91 Å². The van der Waals surface area contributed by atoms with Gasteiger partial charge in [0.1, 0.15) is 0 Å². The fourth-order valence-electron chi connectivity index (χ4n) is 3.81. The quantitative estimate of drug-likeness (QED) is 0.881. The molecule has 4 rings (SSSR count). The van der Waals surface area contributed by atoms with Crippen molar-refractivity contribution in [2.75, 3.05) is 13.1 Å². The molecule has 2 aliphatic heterocycles. The Morgan fingerprint density at radius 1 is 1.27 bits per heavy atom. The van der Waals surface area contributed by atoms with Gasteiger partial charge in [-0.1, -0.05) is 24.6 Å². The normalized spacial score (nSPS) is 22.5. The molecule has 2 bridgehead atoms. The molecule has 2 aliphatic rings. The summed E-state index contributed by atoms with van der Waals surface area (Å²) in [5.41, 5.74) is 2.01. The summed E-state index contributed by atoms with van der Waals surface area (Å²) in [6.45, 7) is 1.51. The van der Waals surface area contributed by atoms with Gasteiger partial charge < -0.3 is 20.1 Å². The minimum atomic E-state index is -0.112. The number of hydrogen-bond acceptors (Lipinski definition) is 3. The van der Waals surface area contributed by atoms with Gasteiger partial charge >= 0.3 is 6.03 Å². The Morgan fingerprint density at radius 3 is 3.00 bits per heavy atom. The van der Waals surface area contributed by atoms with Crippen LogP contribution < -0.4 is 10.6 Å². The lowest BCUT2D eigenvalue weighted by atomic mass is 9.99. The van der Waals surface area contributed by atoms with Gasteiger partial charge in [-0.25, -0.2) is 9.78 Å². The highest BCUT2D eigenvalue weighted by atomic mass is 16.2. The second-order valence-corrected chi connectivity index (χ2v) is 7.00. The SMILES string of the molecule is O=C1N[C@H]2CCC[C@@H]1CN(C(=O)NCc1ccccc1-n1ccnc1)C2. The third kappa shape index (κ3) is 3.42. The number of likely N-dealkylation sites (tertiary alicyclic amines) is 1. The molecular weight excluding hydrogens is 330 g/mol. The van der Waals surface area contributed by atoms with E-state index in [-0.39, 0.29) is 23.9 Å². The number of nitrogens with one attached hydrogen (secondary N) is 2. The van der Waals surface area contributed by atoms with E-state index in [1.807, 2.05) is 35.0 Å². The van der Waals surface area contributed by atoms with Crippen molar-refractivity contribution >= 4 is 11.9 Å². The number of hydrogen-bond donors (Lipinski definition) is 2. The van der Waals surface area contributed by atoms with Crippen LogP contribution in [0.15, 0.2) is 43.0 Å². The van der Waals surface area contributed by atoms with Gasteiger partial charge in [-0.15, -0.1) is 0 Å². The standard InChI is InChI=1S/C19H23N5O2/c25-18-15-5-3-6-16(22-18)12-24(11-15)19(26)21-10-14-4-1-2-7-17(14)23-9-8-20-13-23/h1-2,4,7-9,13,15-16H,3,5-6,10-12H2,(H,21,26)(H,22,25)/t15-,16+/m1/s1. The summed E-state index contributed by atoms with van der Waals surface area (Å²) < 4.78 is 1.93. The topological polar surface area (TPSA) is 79.3 Å². The van der Waals surface area contributed by atoms with Crippen LogP contribution in [0.4, 0.5) is 4.79 Å². The molecule has 0 saturated carbocycles. The molecule has 0 radical (unpaired) electrons. The largest absolute Gasteiger partial charge is 0.351 e. The van der Waals surface area contributed by atoms with Gasteiger partial charge in [-0.3, -0.25) is 4.79 Å². The average Bonchev–Trinajstić information content (AvgIpc) is 3.04. The number of carbonyl (C=O) groups excluding carboxylic acids is 2. The number of urea groups is 1. The van der Waals surface area contributed by atoms with Crippen LogP contribution in [0.25, 0.3) is 5.69 Å². The molecule has 0 aliphatic carbocycles. The lowest BCUT2D eigenvalue weighted by Crippen LogP contribution is -2.46. The smallest absolute Gasteiger partial charge is 0.317 e. The number of rotatable bonds is 3. The highest BCUT2D eigenvalue weighted by Gasteiger charge is 2.34. The first-order valence-corrected chi connectivity index (χ1v) is 9.10. The number of benzene rings is 1. The summed E-state index contributed by atoms with van der Waals surface area (Å²) in [5.74, 6) is -0.000242. The highest BCUT2D eigenvalue weighted by molar-refractivity contribution is 5.82. The summed E-state index contributed by atoms with van der Waals surface area (Å²) in [5, 5.41) is 6.07. The van der Waals surface area contributed by atoms with E-state index < -0.39 is 0 Å². The lowest BCUT2D eigenvalue weighted by molar-refractivity contribution is -0.124. The molecule has 0 unspecified atom stereocenters. The Bertz CT molecular complexity index is 789. The molecule has 136 valence electrons. The van der Waals surface area contributed by atoms with Crippen LogP contribution in [0.5, 0.6) is 0 Å². The molecule has 2 atom stereocenters. The van der Waals surface area contributed by atoms with Gasteiger partial charge in [0, 0.05) is 38.1 Å². The summed E-state index contributed by atoms with van der Waals surface area (Å²) >= 11 is 0. The Hall–Kier alpha value is -2.83. The van der Waals surface area contributed by atoms with Crippen LogP contribution in [-0.4, -0.2) is 45.5 Å². The average molecular weight is 353 g/mol. The maximum atomic E-state index is 12.7. The third-order valence-corrected chi connectivity index (χ3v) is 5.20. The van der Waals surface area contributed by atoms with Crippen molar-refractivity contribution in [2.45, 2.75) is 31.8 Å². The van der Waals surface area contributed by atoms with Gasteiger partial charge in [0.05, 0.1) is 17.9 Å². The summed E-state index contributed by atoms with van der Waals surface area (Å²) in [6.07, 6.45) is 8.20. The molecule has 2 N–H and O–H groups in total. The number of amides is 3. The van der Waals surface area contributed by atoms with Crippen molar-refractivity contribution in [1.29, 1.82) is 0 Å². The van der Waals surface area contributed by atoms with Crippen molar-refractivity contribution in [3.05, 3.63) is 48.5 Å². The van der Waals surface area contributed by atoms with Crippen LogP contribution in [0.3, 0.4) is 0 Å². The van der Waals surface area contributed by atoms with E-state index >= 15 is 0 Å². The molecular formula is C19H23N5O2. The van der Waals surface area contributed by atoms with Crippen LogP contribution in [0.1, 0.15) is 24.8 Å². The Morgan fingerprint density at radius 2 is 2.15 bits per heavy atom. The van der Waals surface area contributed by atoms with E-state index in [0.29, 0.717) is 19.6 Å². The first-order valence-electron chi connectivity index (χ1n) is 9.10. The van der Waals surface area contributed by atoms with Crippen molar-refractivity contribution in [3.8, 4) is 5.69 Å². The molecule has 7 heteroatoms. The monoisotopic (exact) mass is 353 g/mol. The van der Waals surface area contributed by atoms with Crippen molar-refractivity contribution < 1.29 is 9.59 Å². The van der Waals surface area contributed by atoms with Crippen LogP contribution in [0, 0.1) is 5.92 Å². The highest BCUT2D eigenvalue weighted by Crippen LogP contribution is 2.22. The first kappa shape index (κ1) is 16.6. The maximum absolute atomic E-state index is 12.7. The molecule has 1 aromatic carbocycles. The van der Waals surface area contributed by atoms with Crippen molar-refractivity contribution in [2.24, 2.45) is 5.92 Å². The minimum Gasteiger partial charge on any atom is -0.351 e. The van der Waals surface area contributed by atoms with Gasteiger partial charge in [0.25, 0.3) is 0 Å². The summed E-state index contributed by atoms with van der Waals surface area (Å²) in [6, 6.07) is 7.88. The Kier molecular flexibility index (Phi) is 4.60. The lowest BCUT2D eigenvalue weighted by Gasteiger charge is -2.27. The second-order valence-electron chi connectivity index (χ2n) is 7.00. The predicted octanol–water partition coefficient (Wildman–Crippen LogP) is 1.68. The van der Waals surface area contributed by atoms with E-state index in [1.54, 1.807) is 17.4 Å². The van der Waals surface area contributed by atoms with Crippen LogP contribution >= 0.6 is 0 Å². The van der Waals surface area contributed by atoms with E-state index in [2.05, 4.69) is 15.6 Å². The van der Waals surface area contributed by atoms with Gasteiger partial charge in [0.15, 0.2) is 0 Å². The molecule has 26 heavy (non-hydrogen) atoms. The Labute approximate surface area is 152 Å². The number of nitrogens with zero attached hydrogens (tertiary/aromatic N) is 3. The molecule has 2 saturated heterocycles. The summed E-state index contributed by atoms with van der Waals surface area (Å²) in [7, 11) is 0. The molecule has 3 amide bonds. The fourth-order valence-corrected chi connectivity index (χ4v) is 3.81. The zero-order valence-electron chi connectivity index (χ0n) is 14.6. The van der Waals surface area contributed by atoms with Crippen molar-refractivity contribution in [3.63, 3.8) is 0 Å². The van der Waals surface area contributed by atoms with E-state index in [1.165, 1.54) is 0 Å². The molecule has 7 nitrogen and oxygen atoms in total. The fraction of sp³-hybridized carbons (Fsp3) is 0.421. The number of fused-ring (bicyclic) bond motifs is 3. The van der Waals surface area contributed by atoms with E-state index in [4.69, 9.17) is 0 Å². The van der Waals surface area contributed by atoms with Gasteiger partial charge in [-0.2, -0.15) is 0 Å². The molecule has 1 aromatic heterocycles.